The Bertz CT molecular complexity index is 830. The maximum absolute atomic E-state index is 11.5. The Balaban J connectivity index is 0.00000280. The van der Waals surface area contributed by atoms with E-state index in [0.29, 0.717) is 24.7 Å². The van der Waals surface area contributed by atoms with Crippen LogP contribution in [-0.2, 0) is 11.3 Å². The number of ether oxygens (including phenoxy) is 1. The summed E-state index contributed by atoms with van der Waals surface area (Å²) >= 11 is 0. The summed E-state index contributed by atoms with van der Waals surface area (Å²) in [6.45, 7) is 3.12. The zero-order valence-corrected chi connectivity index (χ0v) is 16.2. The smallest absolute Gasteiger partial charge is 0.335 e. The van der Waals surface area contributed by atoms with E-state index in [1.54, 1.807) is 24.3 Å². The first-order valence-electron chi connectivity index (χ1n) is 9.13. The molecule has 1 aliphatic rings. The zero-order valence-electron chi connectivity index (χ0n) is 16.2. The van der Waals surface area contributed by atoms with Crippen LogP contribution < -0.4 is 11.1 Å². The van der Waals surface area contributed by atoms with Crippen molar-refractivity contribution in [1.82, 2.24) is 5.32 Å². The molecule has 2 aromatic rings. The van der Waals surface area contributed by atoms with Gasteiger partial charge in [-0.15, -0.1) is 0 Å². The van der Waals surface area contributed by atoms with Gasteiger partial charge in [0.05, 0.1) is 12.2 Å². The average Bonchev–Trinajstić information content (AvgIpc) is 2.68. The van der Waals surface area contributed by atoms with Crippen LogP contribution in [0.15, 0.2) is 42.5 Å². The lowest BCUT2D eigenvalue weighted by molar-refractivity contribution is 0.0693. The number of hydrogen-bond donors (Lipinski definition) is 4. The van der Waals surface area contributed by atoms with Gasteiger partial charge < -0.3 is 20.9 Å². The highest BCUT2D eigenvalue weighted by Gasteiger charge is 2.14. The van der Waals surface area contributed by atoms with Crippen LogP contribution >= 0.6 is 0 Å². The Hall–Kier alpha value is -2.70. The van der Waals surface area contributed by atoms with Gasteiger partial charge in [-0.3, -0.25) is 5.41 Å². The molecule has 5 N–H and O–H groups in total. The second kappa shape index (κ2) is 10.0. The molecule has 1 saturated heterocycles. The zero-order chi connectivity index (χ0) is 19.2. The van der Waals surface area contributed by atoms with E-state index in [4.69, 9.17) is 15.9 Å². The minimum atomic E-state index is -0.973. The van der Waals surface area contributed by atoms with Crippen molar-refractivity contribution in [2.75, 3.05) is 19.7 Å². The van der Waals surface area contributed by atoms with E-state index in [0.717, 1.165) is 42.6 Å². The van der Waals surface area contributed by atoms with Crippen molar-refractivity contribution in [2.24, 2.45) is 11.7 Å². The number of hydrogen-bond acceptors (Lipinski definition) is 4. The van der Waals surface area contributed by atoms with Gasteiger partial charge in [-0.05, 0) is 72.8 Å². The van der Waals surface area contributed by atoms with Gasteiger partial charge >= 0.3 is 5.97 Å². The number of carbonyl (C=O) groups is 1. The number of nitrogen functional groups attached to an aromatic ring is 1. The Morgan fingerprint density at radius 1 is 1.14 bits per heavy atom. The third kappa shape index (κ3) is 5.65. The summed E-state index contributed by atoms with van der Waals surface area (Å²) in [6.07, 6.45) is 2.22. The quantitative estimate of drug-likeness (QED) is 0.434. The molecule has 0 aromatic heterocycles. The molecular formula is C22H28N3O3. The van der Waals surface area contributed by atoms with E-state index in [1.807, 2.05) is 18.2 Å². The summed E-state index contributed by atoms with van der Waals surface area (Å²) in [4.78, 5) is 11.5. The third-order valence-corrected chi connectivity index (χ3v) is 4.83. The van der Waals surface area contributed by atoms with Crippen molar-refractivity contribution in [1.29, 1.82) is 5.41 Å². The van der Waals surface area contributed by atoms with Gasteiger partial charge in [0.25, 0.3) is 0 Å². The first kappa shape index (κ1) is 21.6. The maximum atomic E-state index is 11.5. The third-order valence-electron chi connectivity index (χ3n) is 4.83. The van der Waals surface area contributed by atoms with E-state index in [-0.39, 0.29) is 18.8 Å². The molecule has 0 saturated carbocycles. The fraction of sp³-hybridized carbons (Fsp3) is 0.318. The standard InChI is InChI=1S/C21H25N3O3.CH3/c22-20(23)17-3-1-2-16(10-17)18-8-15(9-19(11-18)21(25)26)13-27-12-14-4-6-24-7-5-14;/h1-3,8-11,14,24H,4-7,12-13H2,(H3,22,23)(H,25,26);1H3. The molecule has 0 spiro atoms. The fourth-order valence-corrected chi connectivity index (χ4v) is 3.32. The fourth-order valence-electron chi connectivity index (χ4n) is 3.32. The molecule has 1 radical (unpaired) electrons. The van der Waals surface area contributed by atoms with Crippen molar-refractivity contribution < 1.29 is 14.6 Å². The monoisotopic (exact) mass is 382 g/mol. The normalized spacial score (nSPS) is 14.3. The van der Waals surface area contributed by atoms with Crippen LogP contribution in [0.1, 0.15) is 34.3 Å². The van der Waals surface area contributed by atoms with Crippen molar-refractivity contribution in [3.63, 3.8) is 0 Å². The molecule has 0 atom stereocenters. The minimum Gasteiger partial charge on any atom is -0.478 e. The number of aromatic carboxylic acids is 1. The second-order valence-corrected chi connectivity index (χ2v) is 6.93. The molecule has 1 heterocycles. The lowest BCUT2D eigenvalue weighted by atomic mass is 9.98. The largest absolute Gasteiger partial charge is 0.478 e. The molecule has 3 rings (SSSR count). The lowest BCUT2D eigenvalue weighted by Crippen LogP contribution is -2.29. The van der Waals surface area contributed by atoms with E-state index in [2.05, 4.69) is 5.32 Å². The van der Waals surface area contributed by atoms with Crippen LogP contribution in [0.3, 0.4) is 0 Å². The number of piperidine rings is 1. The number of amidine groups is 1. The van der Waals surface area contributed by atoms with Crippen LogP contribution in [0.5, 0.6) is 0 Å². The van der Waals surface area contributed by atoms with Gasteiger partial charge in [0, 0.05) is 12.2 Å². The molecule has 0 bridgehead atoms. The van der Waals surface area contributed by atoms with Crippen LogP contribution in [0.2, 0.25) is 0 Å². The maximum Gasteiger partial charge on any atom is 0.335 e. The second-order valence-electron chi connectivity index (χ2n) is 6.93. The molecule has 0 amide bonds. The Labute approximate surface area is 166 Å². The van der Waals surface area contributed by atoms with Gasteiger partial charge in [0.1, 0.15) is 5.84 Å². The van der Waals surface area contributed by atoms with Gasteiger partial charge in [0.15, 0.2) is 0 Å². The van der Waals surface area contributed by atoms with Gasteiger partial charge in [-0.2, -0.15) is 0 Å². The van der Waals surface area contributed by atoms with Gasteiger partial charge in [-0.1, -0.05) is 25.6 Å². The summed E-state index contributed by atoms with van der Waals surface area (Å²) < 4.78 is 5.87. The summed E-state index contributed by atoms with van der Waals surface area (Å²) in [5.41, 5.74) is 8.83. The van der Waals surface area contributed by atoms with E-state index >= 15 is 0 Å². The number of benzene rings is 2. The van der Waals surface area contributed by atoms with E-state index in [9.17, 15) is 9.90 Å². The molecule has 149 valence electrons. The molecule has 6 nitrogen and oxygen atoms in total. The predicted molar refractivity (Wildman–Crippen MR) is 112 cm³/mol. The molecule has 0 unspecified atom stereocenters. The van der Waals surface area contributed by atoms with Crippen LogP contribution in [0.4, 0.5) is 0 Å². The molecule has 1 aliphatic heterocycles. The van der Waals surface area contributed by atoms with Gasteiger partial charge in [0.2, 0.25) is 0 Å². The molecular weight excluding hydrogens is 354 g/mol. The van der Waals surface area contributed by atoms with Crippen LogP contribution in [0.25, 0.3) is 11.1 Å². The van der Waals surface area contributed by atoms with E-state index in [1.165, 1.54) is 0 Å². The molecule has 1 fully saturated rings. The van der Waals surface area contributed by atoms with Crippen molar-refractivity contribution >= 4 is 11.8 Å². The highest BCUT2D eigenvalue weighted by Crippen LogP contribution is 2.24. The van der Waals surface area contributed by atoms with Crippen molar-refractivity contribution in [3.8, 4) is 11.1 Å². The first-order chi connectivity index (χ1) is 13.0. The number of nitrogens with two attached hydrogens (primary N) is 1. The number of carboxylic acids is 1. The van der Waals surface area contributed by atoms with Crippen LogP contribution in [0, 0.1) is 18.8 Å². The first-order valence-corrected chi connectivity index (χ1v) is 9.13. The number of nitrogens with one attached hydrogen (secondary N) is 2. The Morgan fingerprint density at radius 3 is 2.54 bits per heavy atom. The van der Waals surface area contributed by atoms with Gasteiger partial charge in [-0.25, -0.2) is 4.79 Å². The lowest BCUT2D eigenvalue weighted by Gasteiger charge is -2.22. The average molecular weight is 382 g/mol. The van der Waals surface area contributed by atoms with Crippen LogP contribution in [-0.4, -0.2) is 36.6 Å². The highest BCUT2D eigenvalue weighted by molar-refractivity contribution is 5.96. The predicted octanol–water partition coefficient (Wildman–Crippen LogP) is 3.30. The number of carboxylic acid groups (broad SMARTS) is 1. The number of rotatable bonds is 7. The highest BCUT2D eigenvalue weighted by atomic mass is 16.5. The summed E-state index contributed by atoms with van der Waals surface area (Å²) in [5.74, 6) is -0.434. The van der Waals surface area contributed by atoms with E-state index < -0.39 is 5.97 Å². The molecule has 0 aliphatic carbocycles. The SMILES string of the molecule is N=C(N)c1cccc(-c2cc(COCC3CCNCC3)cc(C(=O)O)c2)c1.[CH3]. The summed E-state index contributed by atoms with van der Waals surface area (Å²) in [5, 5.41) is 20.4. The molecule has 2 aromatic carbocycles. The summed E-state index contributed by atoms with van der Waals surface area (Å²) in [7, 11) is 0. The summed E-state index contributed by atoms with van der Waals surface area (Å²) in [6, 6.07) is 12.5. The topological polar surface area (TPSA) is 108 Å². The molecule has 28 heavy (non-hydrogen) atoms. The Morgan fingerprint density at radius 2 is 1.86 bits per heavy atom. The Kier molecular flexibility index (Phi) is 7.72. The van der Waals surface area contributed by atoms with Crippen molar-refractivity contribution in [2.45, 2.75) is 19.4 Å². The molecule has 6 heteroatoms. The van der Waals surface area contributed by atoms with Crippen molar-refractivity contribution in [3.05, 3.63) is 66.6 Å². The minimum absolute atomic E-state index is 0.